The van der Waals surface area contributed by atoms with Crippen LogP contribution >= 0.6 is 0 Å². The summed E-state index contributed by atoms with van der Waals surface area (Å²) in [5.41, 5.74) is 2.88. The molecule has 6 aromatic rings. The van der Waals surface area contributed by atoms with E-state index in [-0.39, 0.29) is 0 Å². The maximum atomic E-state index is 13.5. The van der Waals surface area contributed by atoms with Gasteiger partial charge < -0.3 is 20.3 Å². The van der Waals surface area contributed by atoms with Crippen LogP contribution in [0.15, 0.2) is 84.6 Å². The van der Waals surface area contributed by atoms with Crippen molar-refractivity contribution in [2.24, 2.45) is 4.99 Å². The van der Waals surface area contributed by atoms with Gasteiger partial charge in [0.1, 0.15) is 23.8 Å². The first-order valence-corrected chi connectivity index (χ1v) is 10.9. The Kier molecular flexibility index (Phi) is 5.26. The molecule has 0 amide bonds. The average molecular weight is 481 g/mol. The lowest BCUT2D eigenvalue weighted by atomic mass is 10.2. The predicted molar refractivity (Wildman–Crippen MR) is 130 cm³/mol. The Morgan fingerprint density at radius 1 is 0.750 bits per heavy atom. The molecule has 11 heteroatoms. The highest BCUT2D eigenvalue weighted by Gasteiger charge is 2.10. The van der Waals surface area contributed by atoms with E-state index in [1.165, 1.54) is 18.5 Å². The summed E-state index contributed by atoms with van der Waals surface area (Å²) in [6.45, 7) is 0. The number of aromatic nitrogens is 7. The second kappa shape index (κ2) is 8.87. The van der Waals surface area contributed by atoms with Crippen LogP contribution in [-0.2, 0) is 0 Å². The van der Waals surface area contributed by atoms with Gasteiger partial charge in [-0.2, -0.15) is 8.78 Å². The standard InChI is InChI=1S/C25H17F2N9/c26-20-5-1-3-18(33-20)14-7-22(29-9-14)35-24-16-11-28-12-17(16)25(32-13-31-24)36-23-8-15(10-30-23)19-4-2-6-21(27)34-19/h1-13,28-30H,(H,31,32,35,36). The first-order chi connectivity index (χ1) is 17.6. The largest absolute Gasteiger partial charge is 0.366 e. The van der Waals surface area contributed by atoms with E-state index < -0.39 is 11.9 Å². The summed E-state index contributed by atoms with van der Waals surface area (Å²) in [6, 6.07) is 12.8. The van der Waals surface area contributed by atoms with Gasteiger partial charge in [-0.1, -0.05) is 12.1 Å². The molecule has 4 N–H and O–H groups in total. The zero-order chi connectivity index (χ0) is 24.5. The zero-order valence-corrected chi connectivity index (χ0v) is 18.5. The normalized spacial score (nSPS) is 11.8. The number of rotatable bonds is 5. The van der Waals surface area contributed by atoms with Crippen LogP contribution in [0.5, 0.6) is 0 Å². The number of pyridine rings is 2. The fourth-order valence-corrected chi connectivity index (χ4v) is 3.80. The zero-order valence-electron chi connectivity index (χ0n) is 18.5. The molecule has 0 saturated heterocycles. The van der Waals surface area contributed by atoms with Crippen LogP contribution in [-0.4, -0.2) is 34.9 Å². The Labute approximate surface area is 202 Å². The van der Waals surface area contributed by atoms with E-state index in [4.69, 9.17) is 0 Å². The number of hydrogen-bond acceptors (Lipinski definition) is 6. The van der Waals surface area contributed by atoms with E-state index in [0.29, 0.717) is 39.9 Å². The van der Waals surface area contributed by atoms with E-state index in [9.17, 15) is 8.78 Å². The van der Waals surface area contributed by atoms with Crippen molar-refractivity contribution in [3.8, 4) is 22.5 Å². The molecule has 0 aliphatic carbocycles. The van der Waals surface area contributed by atoms with Crippen LogP contribution in [0.3, 0.4) is 0 Å². The molecule has 6 heterocycles. The van der Waals surface area contributed by atoms with Gasteiger partial charge in [0.25, 0.3) is 0 Å². The molecule has 6 rings (SSSR count). The number of H-pyrrole nitrogens is 3. The molecule has 0 spiro atoms. The Morgan fingerprint density at radius 3 is 2.19 bits per heavy atom. The van der Waals surface area contributed by atoms with Crippen molar-refractivity contribution in [1.82, 2.24) is 34.9 Å². The second-order valence-electron chi connectivity index (χ2n) is 7.83. The number of hydrogen-bond donors (Lipinski definition) is 4. The number of halogens is 2. The summed E-state index contributed by atoms with van der Waals surface area (Å²) in [5.74, 6) is 0.621. The van der Waals surface area contributed by atoms with Crippen LogP contribution in [0.4, 0.5) is 26.2 Å². The maximum absolute atomic E-state index is 13.5. The minimum atomic E-state index is -0.551. The molecular formula is C25H17F2N9. The molecule has 0 aliphatic heterocycles. The highest BCUT2D eigenvalue weighted by Crippen LogP contribution is 2.26. The van der Waals surface area contributed by atoms with Gasteiger partial charge in [-0.25, -0.2) is 24.9 Å². The summed E-state index contributed by atoms with van der Waals surface area (Å²) < 4.78 is 27.0. The third-order valence-corrected chi connectivity index (χ3v) is 5.46. The van der Waals surface area contributed by atoms with Crippen LogP contribution in [0.25, 0.3) is 33.3 Å². The topological polar surface area (TPSA) is 123 Å². The Balaban J connectivity index is 1.34. The minimum absolute atomic E-state index is 0.434. The average Bonchev–Trinajstić information content (AvgIpc) is 3.62. The molecular weight excluding hydrogens is 464 g/mol. The predicted octanol–water partition coefficient (Wildman–Crippen LogP) is 4.99. The Hall–Kier alpha value is -5.19. The maximum Gasteiger partial charge on any atom is 0.213 e. The highest BCUT2D eigenvalue weighted by atomic mass is 19.1. The molecule has 0 unspecified atom stereocenters. The molecule has 0 atom stereocenters. The van der Waals surface area contributed by atoms with Crippen LogP contribution in [0.2, 0.25) is 0 Å². The molecule has 0 fully saturated rings. The van der Waals surface area contributed by atoms with E-state index in [0.717, 1.165) is 16.3 Å². The van der Waals surface area contributed by atoms with Gasteiger partial charge in [0.2, 0.25) is 11.9 Å². The van der Waals surface area contributed by atoms with Crippen molar-refractivity contribution in [3.63, 3.8) is 0 Å². The Morgan fingerprint density at radius 2 is 1.44 bits per heavy atom. The van der Waals surface area contributed by atoms with E-state index in [1.807, 2.05) is 6.07 Å². The van der Waals surface area contributed by atoms with Crippen molar-refractivity contribution in [2.75, 3.05) is 5.32 Å². The van der Waals surface area contributed by atoms with Crippen molar-refractivity contribution >= 4 is 28.2 Å². The fourth-order valence-electron chi connectivity index (χ4n) is 3.80. The third kappa shape index (κ3) is 4.20. The van der Waals surface area contributed by atoms with Gasteiger partial charge in [-0.3, -0.25) is 0 Å². The lowest BCUT2D eigenvalue weighted by Crippen LogP contribution is -2.03. The van der Waals surface area contributed by atoms with Crippen molar-refractivity contribution in [1.29, 1.82) is 0 Å². The molecule has 9 nitrogen and oxygen atoms in total. The van der Waals surface area contributed by atoms with E-state index >= 15 is 0 Å². The highest BCUT2D eigenvalue weighted by molar-refractivity contribution is 5.91. The monoisotopic (exact) mass is 481 g/mol. The van der Waals surface area contributed by atoms with E-state index in [2.05, 4.69) is 45.2 Å². The van der Waals surface area contributed by atoms with Crippen LogP contribution in [0.1, 0.15) is 0 Å². The van der Waals surface area contributed by atoms with Gasteiger partial charge in [-0.05, 0) is 36.4 Å². The number of anilines is 2. The van der Waals surface area contributed by atoms with Crippen molar-refractivity contribution in [2.45, 2.75) is 0 Å². The molecule has 36 heavy (non-hydrogen) atoms. The molecule has 0 aliphatic rings. The minimum Gasteiger partial charge on any atom is -0.366 e. The van der Waals surface area contributed by atoms with Crippen molar-refractivity contribution in [3.05, 3.63) is 97.0 Å². The van der Waals surface area contributed by atoms with E-state index in [1.54, 1.807) is 55.1 Å². The number of nitrogens with one attached hydrogen (secondary N) is 4. The van der Waals surface area contributed by atoms with Crippen LogP contribution < -0.4 is 10.8 Å². The quantitative estimate of drug-likeness (QED) is 0.258. The summed E-state index contributed by atoms with van der Waals surface area (Å²) in [6.07, 6.45) is 8.43. The lowest BCUT2D eigenvalue weighted by Gasteiger charge is -2.01. The van der Waals surface area contributed by atoms with Crippen LogP contribution in [0, 0.1) is 11.9 Å². The number of fused-ring (bicyclic) bond motifs is 1. The molecule has 0 radical (unpaired) electrons. The van der Waals surface area contributed by atoms with Crippen molar-refractivity contribution < 1.29 is 8.78 Å². The SMILES string of the molecule is Fc1cccc(-c2c[nH]c(/N=c3\ncnc(Nc4cc(-c5cccc(F)n5)c[nH]4)c4c[nH]cc34)c2)n1. The number of aromatic amines is 3. The smallest absolute Gasteiger partial charge is 0.213 e. The first-order valence-electron chi connectivity index (χ1n) is 10.9. The molecule has 6 aromatic heterocycles. The summed E-state index contributed by atoms with van der Waals surface area (Å²) in [5, 5.41) is 4.72. The summed E-state index contributed by atoms with van der Waals surface area (Å²) in [7, 11) is 0. The van der Waals surface area contributed by atoms with Gasteiger partial charge in [0.15, 0.2) is 5.49 Å². The van der Waals surface area contributed by atoms with Gasteiger partial charge >= 0.3 is 0 Å². The second-order valence-corrected chi connectivity index (χ2v) is 7.83. The molecule has 0 aromatic carbocycles. The summed E-state index contributed by atoms with van der Waals surface area (Å²) in [4.78, 5) is 30.5. The van der Waals surface area contributed by atoms with Gasteiger partial charge in [0, 0.05) is 46.7 Å². The number of nitrogens with zero attached hydrogens (tertiary/aromatic N) is 5. The molecule has 0 bridgehead atoms. The lowest BCUT2D eigenvalue weighted by molar-refractivity contribution is 0.585. The molecule has 0 saturated carbocycles. The summed E-state index contributed by atoms with van der Waals surface area (Å²) >= 11 is 0. The Bertz CT molecular complexity index is 1770. The first kappa shape index (κ1) is 21.4. The van der Waals surface area contributed by atoms with Gasteiger partial charge in [-0.15, -0.1) is 0 Å². The molecule has 176 valence electrons. The fraction of sp³-hybridized carbons (Fsp3) is 0. The third-order valence-electron chi connectivity index (χ3n) is 5.46. The van der Waals surface area contributed by atoms with Gasteiger partial charge in [0.05, 0.1) is 11.4 Å².